The highest BCUT2D eigenvalue weighted by atomic mass is 32.2. The van der Waals surface area contributed by atoms with Crippen LogP contribution in [0.1, 0.15) is 26.2 Å². The fraction of sp³-hybridized carbons (Fsp3) is 1.00. The van der Waals surface area contributed by atoms with E-state index >= 15 is 0 Å². The van der Waals surface area contributed by atoms with E-state index in [9.17, 15) is 8.42 Å². The van der Waals surface area contributed by atoms with Crippen molar-refractivity contribution in [2.24, 2.45) is 0 Å². The minimum Gasteiger partial charge on any atom is -0.212 e. The van der Waals surface area contributed by atoms with E-state index in [0.29, 0.717) is 5.75 Å². The highest BCUT2D eigenvalue weighted by Crippen LogP contribution is 2.13. The lowest BCUT2D eigenvalue weighted by atomic mass is 10.4. The van der Waals surface area contributed by atoms with Gasteiger partial charge in [-0.15, -0.1) is 0 Å². The summed E-state index contributed by atoms with van der Waals surface area (Å²) < 4.78 is 24.3. The maximum absolute atomic E-state index is 11.4. The fourth-order valence-corrected chi connectivity index (χ4v) is 2.94. The molecule has 0 saturated carbocycles. The molecule has 0 aromatic carbocycles. The quantitative estimate of drug-likeness (QED) is 0.640. The molecule has 11 heavy (non-hydrogen) atoms. The van der Waals surface area contributed by atoms with Gasteiger partial charge in [0.1, 0.15) is 0 Å². The van der Waals surface area contributed by atoms with E-state index in [1.165, 1.54) is 0 Å². The first-order chi connectivity index (χ1) is 5.17. The standard InChI is InChI=1S/C7H15NO2S/c1-2-7-11(9,10)8-5-3-4-6-8/h2-7H2,1H3. The Balaban J connectivity index is 2.56. The van der Waals surface area contributed by atoms with Crippen LogP contribution in [-0.2, 0) is 10.0 Å². The van der Waals surface area contributed by atoms with Gasteiger partial charge < -0.3 is 0 Å². The van der Waals surface area contributed by atoms with Crippen LogP contribution in [0.5, 0.6) is 0 Å². The van der Waals surface area contributed by atoms with E-state index in [0.717, 1.165) is 32.4 Å². The number of nitrogens with zero attached hydrogens (tertiary/aromatic N) is 1. The van der Waals surface area contributed by atoms with Crippen LogP contribution >= 0.6 is 0 Å². The normalized spacial score (nSPS) is 20.8. The van der Waals surface area contributed by atoms with Crippen LogP contribution in [0.2, 0.25) is 0 Å². The molecule has 0 bridgehead atoms. The monoisotopic (exact) mass is 177 g/mol. The fourth-order valence-electron chi connectivity index (χ4n) is 1.35. The third kappa shape index (κ3) is 2.17. The first-order valence-corrected chi connectivity index (χ1v) is 5.75. The largest absolute Gasteiger partial charge is 0.214 e. The van der Waals surface area contributed by atoms with Gasteiger partial charge in [-0.2, -0.15) is 0 Å². The molecular weight excluding hydrogens is 162 g/mol. The Hall–Kier alpha value is -0.0900. The van der Waals surface area contributed by atoms with Crippen molar-refractivity contribution in [3.8, 4) is 0 Å². The summed E-state index contributed by atoms with van der Waals surface area (Å²) in [6, 6.07) is 0. The van der Waals surface area contributed by atoms with Gasteiger partial charge in [-0.3, -0.25) is 0 Å². The summed E-state index contributed by atoms with van der Waals surface area (Å²) in [7, 11) is -2.88. The van der Waals surface area contributed by atoms with Gasteiger partial charge in [0.2, 0.25) is 10.0 Å². The predicted molar refractivity (Wildman–Crippen MR) is 44.9 cm³/mol. The summed E-state index contributed by atoms with van der Waals surface area (Å²) >= 11 is 0. The highest BCUT2D eigenvalue weighted by molar-refractivity contribution is 7.89. The van der Waals surface area contributed by atoms with Gasteiger partial charge in [0.25, 0.3) is 0 Å². The molecule has 1 heterocycles. The van der Waals surface area contributed by atoms with Gasteiger partial charge in [0.05, 0.1) is 5.75 Å². The molecule has 0 aliphatic carbocycles. The zero-order valence-electron chi connectivity index (χ0n) is 6.91. The topological polar surface area (TPSA) is 37.4 Å². The van der Waals surface area contributed by atoms with Gasteiger partial charge in [-0.25, -0.2) is 12.7 Å². The van der Waals surface area contributed by atoms with Crippen LogP contribution in [-0.4, -0.2) is 31.6 Å². The Morgan fingerprint density at radius 2 is 1.82 bits per heavy atom. The van der Waals surface area contributed by atoms with Crippen LogP contribution in [0.15, 0.2) is 0 Å². The first kappa shape index (κ1) is 9.00. The van der Waals surface area contributed by atoms with Crippen LogP contribution in [0.3, 0.4) is 0 Å². The minimum atomic E-state index is -2.88. The molecule has 0 radical (unpaired) electrons. The van der Waals surface area contributed by atoms with Crippen LogP contribution in [0.4, 0.5) is 0 Å². The zero-order chi connectivity index (χ0) is 8.32. The third-order valence-electron chi connectivity index (χ3n) is 1.92. The summed E-state index contributed by atoms with van der Waals surface area (Å²) in [6.07, 6.45) is 2.78. The molecule has 1 aliphatic heterocycles. The molecule has 1 saturated heterocycles. The summed E-state index contributed by atoms with van der Waals surface area (Å²) in [4.78, 5) is 0. The molecule has 0 unspecified atom stereocenters. The van der Waals surface area contributed by atoms with Crippen LogP contribution in [0, 0.1) is 0 Å². The summed E-state index contributed by atoms with van der Waals surface area (Å²) in [5.41, 5.74) is 0. The van der Waals surface area contributed by atoms with E-state index in [-0.39, 0.29) is 0 Å². The highest BCUT2D eigenvalue weighted by Gasteiger charge is 2.23. The van der Waals surface area contributed by atoms with Gasteiger partial charge in [0.15, 0.2) is 0 Å². The molecule has 1 fully saturated rings. The van der Waals surface area contributed by atoms with Crippen molar-refractivity contribution in [3.05, 3.63) is 0 Å². The Morgan fingerprint density at radius 3 is 2.27 bits per heavy atom. The van der Waals surface area contributed by atoms with E-state index in [4.69, 9.17) is 0 Å². The lowest BCUT2D eigenvalue weighted by Gasteiger charge is -2.13. The Morgan fingerprint density at radius 1 is 1.27 bits per heavy atom. The molecule has 0 atom stereocenters. The second-order valence-electron chi connectivity index (χ2n) is 2.92. The summed E-state index contributed by atoms with van der Waals surface area (Å²) in [5, 5.41) is 0. The van der Waals surface area contributed by atoms with E-state index in [2.05, 4.69) is 0 Å². The molecule has 0 aromatic rings. The second kappa shape index (κ2) is 3.54. The van der Waals surface area contributed by atoms with E-state index < -0.39 is 10.0 Å². The average Bonchev–Trinajstić information content (AvgIpc) is 2.37. The van der Waals surface area contributed by atoms with Gasteiger partial charge >= 0.3 is 0 Å². The van der Waals surface area contributed by atoms with Crippen molar-refractivity contribution in [3.63, 3.8) is 0 Å². The van der Waals surface area contributed by atoms with Gasteiger partial charge in [0, 0.05) is 13.1 Å². The molecule has 0 aromatic heterocycles. The minimum absolute atomic E-state index is 0.312. The Labute approximate surface area is 68.4 Å². The maximum Gasteiger partial charge on any atom is 0.214 e. The summed E-state index contributed by atoms with van der Waals surface area (Å²) in [6.45, 7) is 3.37. The molecular formula is C7H15NO2S. The maximum atomic E-state index is 11.4. The SMILES string of the molecule is CCCS(=O)(=O)N1CCCC1. The predicted octanol–water partition coefficient (Wildman–Crippen LogP) is 0.822. The van der Waals surface area contributed by atoms with Gasteiger partial charge in [-0.1, -0.05) is 6.92 Å². The molecule has 0 spiro atoms. The molecule has 1 aliphatic rings. The number of rotatable bonds is 3. The first-order valence-electron chi connectivity index (χ1n) is 4.14. The van der Waals surface area contributed by atoms with E-state index in [1.54, 1.807) is 4.31 Å². The van der Waals surface area contributed by atoms with Crippen molar-refractivity contribution < 1.29 is 8.42 Å². The van der Waals surface area contributed by atoms with Crippen LogP contribution < -0.4 is 0 Å². The number of sulfonamides is 1. The molecule has 66 valence electrons. The van der Waals surface area contributed by atoms with Crippen molar-refractivity contribution in [2.75, 3.05) is 18.8 Å². The van der Waals surface area contributed by atoms with Crippen molar-refractivity contribution in [1.29, 1.82) is 0 Å². The molecule has 1 rings (SSSR count). The Kier molecular flexibility index (Phi) is 2.90. The number of hydrogen-bond donors (Lipinski definition) is 0. The van der Waals surface area contributed by atoms with Crippen LogP contribution in [0.25, 0.3) is 0 Å². The third-order valence-corrected chi connectivity index (χ3v) is 4.00. The lowest BCUT2D eigenvalue weighted by molar-refractivity contribution is 0.476. The second-order valence-corrected chi connectivity index (χ2v) is 5.01. The lowest BCUT2D eigenvalue weighted by Crippen LogP contribution is -2.29. The smallest absolute Gasteiger partial charge is 0.212 e. The number of hydrogen-bond acceptors (Lipinski definition) is 2. The summed E-state index contributed by atoms with van der Waals surface area (Å²) in [5.74, 6) is 0.312. The van der Waals surface area contributed by atoms with E-state index in [1.807, 2.05) is 6.92 Å². The molecule has 3 nitrogen and oxygen atoms in total. The molecule has 0 N–H and O–H groups in total. The van der Waals surface area contributed by atoms with Crippen molar-refractivity contribution >= 4 is 10.0 Å². The average molecular weight is 177 g/mol. The van der Waals surface area contributed by atoms with Gasteiger partial charge in [-0.05, 0) is 19.3 Å². The molecule has 4 heteroatoms. The Bertz CT molecular complexity index is 204. The van der Waals surface area contributed by atoms with Crippen molar-refractivity contribution in [1.82, 2.24) is 4.31 Å². The molecule has 0 amide bonds. The zero-order valence-corrected chi connectivity index (χ0v) is 7.73. The van der Waals surface area contributed by atoms with Crippen molar-refractivity contribution in [2.45, 2.75) is 26.2 Å².